The Balaban J connectivity index is 2.06. The van der Waals surface area contributed by atoms with Crippen LogP contribution in [0.1, 0.15) is 35.1 Å². The lowest BCUT2D eigenvalue weighted by Crippen LogP contribution is -1.97. The standard InChI is InChI=1S/C15H12ClFO/c16-13-7-9(5-6-14(13)17)12-8-15(18)11-4-2-1-3-10(11)12/h1-7,12,15,18H,8H2/t12-,15-/m1/s1. The number of rotatable bonds is 1. The predicted molar refractivity (Wildman–Crippen MR) is 69.3 cm³/mol. The van der Waals surface area contributed by atoms with Crippen molar-refractivity contribution in [2.75, 3.05) is 0 Å². The first kappa shape index (κ1) is 11.7. The molecule has 92 valence electrons. The lowest BCUT2D eigenvalue weighted by molar-refractivity contribution is 0.176. The van der Waals surface area contributed by atoms with Crippen LogP contribution in [0.25, 0.3) is 0 Å². The van der Waals surface area contributed by atoms with Gasteiger partial charge in [0.15, 0.2) is 0 Å². The Morgan fingerprint density at radius 1 is 1.11 bits per heavy atom. The number of hydrogen-bond donors (Lipinski definition) is 1. The fraction of sp³-hybridized carbons (Fsp3) is 0.200. The van der Waals surface area contributed by atoms with Crippen molar-refractivity contribution < 1.29 is 9.50 Å². The normalized spacial score (nSPS) is 21.9. The Morgan fingerprint density at radius 2 is 1.83 bits per heavy atom. The summed E-state index contributed by atoms with van der Waals surface area (Å²) in [6.07, 6.45) is 0.177. The van der Waals surface area contributed by atoms with Crippen molar-refractivity contribution in [2.24, 2.45) is 0 Å². The van der Waals surface area contributed by atoms with Gasteiger partial charge in [-0.15, -0.1) is 0 Å². The summed E-state index contributed by atoms with van der Waals surface area (Å²) in [4.78, 5) is 0. The summed E-state index contributed by atoms with van der Waals surface area (Å²) in [5, 5.41) is 10.2. The highest BCUT2D eigenvalue weighted by Crippen LogP contribution is 2.44. The second-order valence-corrected chi connectivity index (χ2v) is 5.01. The average molecular weight is 263 g/mol. The van der Waals surface area contributed by atoms with Crippen molar-refractivity contribution in [1.29, 1.82) is 0 Å². The van der Waals surface area contributed by atoms with Crippen LogP contribution in [0.2, 0.25) is 5.02 Å². The number of aliphatic hydroxyl groups is 1. The van der Waals surface area contributed by atoms with Gasteiger partial charge in [0.1, 0.15) is 5.82 Å². The molecule has 1 aliphatic carbocycles. The smallest absolute Gasteiger partial charge is 0.141 e. The highest BCUT2D eigenvalue weighted by atomic mass is 35.5. The maximum Gasteiger partial charge on any atom is 0.141 e. The van der Waals surface area contributed by atoms with Gasteiger partial charge in [-0.05, 0) is 35.2 Å². The van der Waals surface area contributed by atoms with Gasteiger partial charge in [0.05, 0.1) is 11.1 Å². The van der Waals surface area contributed by atoms with Crippen LogP contribution >= 0.6 is 11.6 Å². The Kier molecular flexibility index (Phi) is 2.84. The van der Waals surface area contributed by atoms with Crippen LogP contribution in [0.3, 0.4) is 0 Å². The number of halogens is 2. The van der Waals surface area contributed by atoms with Gasteiger partial charge < -0.3 is 5.11 Å². The Morgan fingerprint density at radius 3 is 2.56 bits per heavy atom. The topological polar surface area (TPSA) is 20.2 Å². The second-order valence-electron chi connectivity index (χ2n) is 4.61. The lowest BCUT2D eigenvalue weighted by atomic mass is 9.93. The summed E-state index contributed by atoms with van der Waals surface area (Å²) < 4.78 is 13.2. The summed E-state index contributed by atoms with van der Waals surface area (Å²) in [7, 11) is 0. The zero-order valence-corrected chi connectivity index (χ0v) is 10.4. The molecule has 0 saturated heterocycles. The molecule has 2 aromatic carbocycles. The molecule has 0 radical (unpaired) electrons. The molecule has 0 fully saturated rings. The zero-order valence-electron chi connectivity index (χ0n) is 9.61. The summed E-state index contributed by atoms with van der Waals surface area (Å²) in [5.41, 5.74) is 3.01. The van der Waals surface area contributed by atoms with Gasteiger partial charge in [0.25, 0.3) is 0 Å². The zero-order chi connectivity index (χ0) is 12.7. The van der Waals surface area contributed by atoms with Crippen molar-refractivity contribution in [3.63, 3.8) is 0 Å². The summed E-state index contributed by atoms with van der Waals surface area (Å²) in [5.74, 6) is -0.318. The van der Waals surface area contributed by atoms with E-state index in [4.69, 9.17) is 11.6 Å². The second kappa shape index (κ2) is 4.38. The number of hydrogen-bond acceptors (Lipinski definition) is 1. The number of aliphatic hydroxyl groups excluding tert-OH is 1. The van der Waals surface area contributed by atoms with Crippen LogP contribution in [-0.2, 0) is 0 Å². The van der Waals surface area contributed by atoms with E-state index in [1.54, 1.807) is 12.1 Å². The third-order valence-corrected chi connectivity index (χ3v) is 3.83. The largest absolute Gasteiger partial charge is 0.388 e. The van der Waals surface area contributed by atoms with Crippen LogP contribution in [0.5, 0.6) is 0 Å². The van der Waals surface area contributed by atoms with Crippen molar-refractivity contribution in [2.45, 2.75) is 18.4 Å². The molecule has 0 aliphatic heterocycles. The van der Waals surface area contributed by atoms with E-state index < -0.39 is 11.9 Å². The molecular weight excluding hydrogens is 251 g/mol. The van der Waals surface area contributed by atoms with Crippen molar-refractivity contribution in [3.05, 3.63) is 70.0 Å². The Hall–Kier alpha value is -1.38. The highest BCUT2D eigenvalue weighted by Gasteiger charge is 2.30. The third kappa shape index (κ3) is 1.82. The molecule has 0 unspecified atom stereocenters. The van der Waals surface area contributed by atoms with Gasteiger partial charge in [-0.25, -0.2) is 4.39 Å². The van der Waals surface area contributed by atoms with Crippen molar-refractivity contribution >= 4 is 11.6 Å². The molecule has 0 heterocycles. The molecule has 2 aromatic rings. The molecule has 1 N–H and O–H groups in total. The Labute approximate surface area is 110 Å². The minimum absolute atomic E-state index is 0.0919. The summed E-state index contributed by atoms with van der Waals surface area (Å²) in [6.45, 7) is 0. The van der Waals surface area contributed by atoms with E-state index in [1.807, 2.05) is 24.3 Å². The first-order chi connectivity index (χ1) is 8.66. The van der Waals surface area contributed by atoms with Crippen LogP contribution in [0.15, 0.2) is 42.5 Å². The highest BCUT2D eigenvalue weighted by molar-refractivity contribution is 6.30. The van der Waals surface area contributed by atoms with Gasteiger partial charge in [-0.2, -0.15) is 0 Å². The molecule has 0 saturated carbocycles. The van der Waals surface area contributed by atoms with E-state index in [0.717, 1.165) is 16.7 Å². The van der Waals surface area contributed by atoms with Gasteiger partial charge >= 0.3 is 0 Å². The van der Waals surface area contributed by atoms with E-state index >= 15 is 0 Å². The fourth-order valence-electron chi connectivity index (χ4n) is 2.65. The lowest BCUT2D eigenvalue weighted by Gasteiger charge is -2.12. The quantitative estimate of drug-likeness (QED) is 0.822. The first-order valence-corrected chi connectivity index (χ1v) is 6.26. The maximum absolute atomic E-state index is 13.2. The monoisotopic (exact) mass is 262 g/mol. The molecule has 3 heteroatoms. The van der Waals surface area contributed by atoms with Crippen LogP contribution in [-0.4, -0.2) is 5.11 Å². The summed E-state index contributed by atoms with van der Waals surface area (Å²) >= 11 is 5.82. The van der Waals surface area contributed by atoms with Gasteiger partial charge in [-0.1, -0.05) is 41.9 Å². The molecule has 0 aromatic heterocycles. The molecule has 0 bridgehead atoms. The van der Waals surface area contributed by atoms with E-state index in [-0.39, 0.29) is 10.9 Å². The van der Waals surface area contributed by atoms with Crippen molar-refractivity contribution in [1.82, 2.24) is 0 Å². The summed E-state index contributed by atoms with van der Waals surface area (Å²) in [6, 6.07) is 12.6. The Bertz CT molecular complexity index is 597. The van der Waals surface area contributed by atoms with E-state index in [9.17, 15) is 9.50 Å². The third-order valence-electron chi connectivity index (χ3n) is 3.54. The van der Waals surface area contributed by atoms with Gasteiger partial charge in [-0.3, -0.25) is 0 Å². The minimum Gasteiger partial charge on any atom is -0.388 e. The maximum atomic E-state index is 13.2. The molecule has 0 amide bonds. The van der Waals surface area contributed by atoms with E-state index in [2.05, 4.69) is 0 Å². The minimum atomic E-state index is -0.449. The molecule has 1 aliphatic rings. The van der Waals surface area contributed by atoms with Gasteiger partial charge in [0.2, 0.25) is 0 Å². The van der Waals surface area contributed by atoms with E-state index in [1.165, 1.54) is 6.07 Å². The van der Waals surface area contributed by atoms with Gasteiger partial charge in [0, 0.05) is 5.92 Å². The molecular formula is C15H12ClFO. The van der Waals surface area contributed by atoms with E-state index in [0.29, 0.717) is 6.42 Å². The number of benzene rings is 2. The SMILES string of the molecule is O[C@@H]1C[C@H](c2ccc(F)c(Cl)c2)c2ccccc21. The molecule has 2 atom stereocenters. The predicted octanol–water partition coefficient (Wildman–Crippen LogP) is 4.05. The molecule has 1 nitrogen and oxygen atoms in total. The molecule has 0 spiro atoms. The average Bonchev–Trinajstić information content (AvgIpc) is 2.71. The van der Waals surface area contributed by atoms with Crippen LogP contribution in [0, 0.1) is 5.82 Å². The van der Waals surface area contributed by atoms with Crippen molar-refractivity contribution in [3.8, 4) is 0 Å². The van der Waals surface area contributed by atoms with Crippen LogP contribution in [0.4, 0.5) is 4.39 Å². The number of fused-ring (bicyclic) bond motifs is 1. The fourth-order valence-corrected chi connectivity index (χ4v) is 2.84. The molecule has 3 rings (SSSR count). The first-order valence-electron chi connectivity index (χ1n) is 5.88. The molecule has 18 heavy (non-hydrogen) atoms. The van der Waals surface area contributed by atoms with Crippen LogP contribution < -0.4 is 0 Å².